The number of para-hydroxylation sites is 5. The Bertz CT molecular complexity index is 6020. The van der Waals surface area contributed by atoms with Gasteiger partial charge in [0.2, 0.25) is 0 Å². The number of rotatable bonds is 7. The molecule has 0 saturated carbocycles. The predicted molar refractivity (Wildman–Crippen MR) is 357 cm³/mol. The predicted octanol–water partition coefficient (Wildman–Crippen LogP) is 20.7. The Balaban J connectivity index is 1.11. The first-order chi connectivity index (χ1) is 43.1. The molecule has 402 valence electrons. The lowest BCUT2D eigenvalue weighted by atomic mass is 9.98. The van der Waals surface area contributed by atoms with Gasteiger partial charge in [0.1, 0.15) is 28.8 Å². The van der Waals surface area contributed by atoms with E-state index in [1.54, 1.807) is 0 Å². The molecule has 5 aromatic heterocycles. The molecule has 5 heterocycles. The van der Waals surface area contributed by atoms with Gasteiger partial charge in [-0.2, -0.15) is 10.5 Å². The van der Waals surface area contributed by atoms with E-state index in [9.17, 15) is 10.5 Å². The second-order valence-corrected chi connectivity index (χ2v) is 22.5. The number of hydrogen-bond donors (Lipinski definition) is 0. The molecule has 0 amide bonds. The topological polar surface area (TPSA) is 80.4 Å². The standard InChI is InChI=1S/C80H46N6O/c81-47-65-75(83-67-31-15-11-27-56(67)62-44-52(36-41-71(62)83)49-20-4-1-5-21-49)76(84-68-32-16-12-28-57(68)63-45-53(37-42-72(63)84)50-22-6-2-7-23-50)66(48-82)78(77(65)85-69-33-17-13-29-58(69)64-46-54(38-43-73(64)85)51-24-8-3-9-25-51)86-70-34-18-10-26-55(70)60-39-40-61-59-30-14-19-35-74(59)87-80(61)79(60)86/h1-46H. The Morgan fingerprint density at radius 3 is 0.954 bits per heavy atom. The number of nitriles is 2. The molecule has 7 nitrogen and oxygen atoms in total. The smallest absolute Gasteiger partial charge is 0.160 e. The van der Waals surface area contributed by atoms with Crippen molar-refractivity contribution >= 4 is 109 Å². The Morgan fingerprint density at radius 2 is 0.552 bits per heavy atom. The summed E-state index contributed by atoms with van der Waals surface area (Å²) in [6, 6.07) is 104. The fourth-order valence-electron chi connectivity index (χ4n) is 14.3. The van der Waals surface area contributed by atoms with E-state index in [-0.39, 0.29) is 0 Å². The van der Waals surface area contributed by atoms with Crippen LogP contribution < -0.4 is 0 Å². The number of benzene rings is 13. The van der Waals surface area contributed by atoms with Crippen molar-refractivity contribution < 1.29 is 4.42 Å². The van der Waals surface area contributed by atoms with Crippen molar-refractivity contribution in [1.29, 1.82) is 10.5 Å². The molecule has 0 bridgehead atoms. The highest BCUT2D eigenvalue weighted by Crippen LogP contribution is 2.51. The van der Waals surface area contributed by atoms with Crippen LogP contribution in [0.2, 0.25) is 0 Å². The highest BCUT2D eigenvalue weighted by Gasteiger charge is 2.35. The molecule has 13 aromatic carbocycles. The monoisotopic (exact) mass is 1110 g/mol. The van der Waals surface area contributed by atoms with E-state index in [1.165, 1.54) is 0 Å². The lowest BCUT2D eigenvalue weighted by Gasteiger charge is -2.27. The van der Waals surface area contributed by atoms with Crippen molar-refractivity contribution in [2.75, 3.05) is 0 Å². The molecule has 87 heavy (non-hydrogen) atoms. The molecule has 0 saturated heterocycles. The largest absolute Gasteiger partial charge is 0.454 e. The molecule has 0 aliphatic carbocycles. The number of furan rings is 1. The van der Waals surface area contributed by atoms with Crippen LogP contribution in [-0.2, 0) is 0 Å². The number of hydrogen-bond acceptors (Lipinski definition) is 3. The van der Waals surface area contributed by atoms with E-state index in [1.807, 2.05) is 36.4 Å². The Kier molecular flexibility index (Phi) is 10.4. The third-order valence-electron chi connectivity index (χ3n) is 18.0. The summed E-state index contributed by atoms with van der Waals surface area (Å²) in [6.07, 6.45) is 0. The molecule has 0 radical (unpaired) electrons. The summed E-state index contributed by atoms with van der Waals surface area (Å²) in [5.74, 6) is 0. The van der Waals surface area contributed by atoms with E-state index in [0.717, 1.165) is 137 Å². The highest BCUT2D eigenvalue weighted by molar-refractivity contribution is 6.23. The lowest BCUT2D eigenvalue weighted by molar-refractivity contribution is 0.671. The minimum atomic E-state index is 0.364. The van der Waals surface area contributed by atoms with E-state index < -0.39 is 0 Å². The van der Waals surface area contributed by atoms with Gasteiger partial charge in [-0.05, 0) is 106 Å². The van der Waals surface area contributed by atoms with Crippen LogP contribution in [0.15, 0.2) is 283 Å². The molecule has 0 aliphatic rings. The maximum absolute atomic E-state index is 13.1. The summed E-state index contributed by atoms with van der Waals surface area (Å²) in [5.41, 5.74) is 17.9. The summed E-state index contributed by atoms with van der Waals surface area (Å²) in [6.45, 7) is 0. The average molecular weight is 1110 g/mol. The normalized spacial score (nSPS) is 11.9. The van der Waals surface area contributed by atoms with Crippen LogP contribution in [0.1, 0.15) is 11.1 Å². The van der Waals surface area contributed by atoms with Gasteiger partial charge in [-0.3, -0.25) is 0 Å². The quantitative estimate of drug-likeness (QED) is 0.159. The summed E-state index contributed by atoms with van der Waals surface area (Å²) in [7, 11) is 0. The first-order valence-electron chi connectivity index (χ1n) is 29.3. The van der Waals surface area contributed by atoms with Gasteiger partial charge in [-0.25, -0.2) is 0 Å². The molecule has 0 N–H and O–H groups in total. The molecule has 0 atom stereocenters. The summed E-state index contributed by atoms with van der Waals surface area (Å²) in [4.78, 5) is 0. The maximum Gasteiger partial charge on any atom is 0.160 e. The molecular formula is C80H46N6O. The van der Waals surface area contributed by atoms with Crippen molar-refractivity contribution in [3.8, 4) is 68.3 Å². The third kappa shape index (κ3) is 6.91. The molecular weight excluding hydrogens is 1060 g/mol. The maximum atomic E-state index is 13.1. The van der Waals surface area contributed by atoms with Crippen LogP contribution in [0.4, 0.5) is 0 Å². The van der Waals surface area contributed by atoms with E-state index >= 15 is 0 Å². The highest BCUT2D eigenvalue weighted by atomic mass is 16.3. The minimum Gasteiger partial charge on any atom is -0.454 e. The first kappa shape index (κ1) is 48.4. The number of fused-ring (bicyclic) bond motifs is 16. The van der Waals surface area contributed by atoms with Gasteiger partial charge in [0.05, 0.1) is 66.9 Å². The summed E-state index contributed by atoms with van der Waals surface area (Å²) in [5, 5.41) is 36.1. The Hall–Kier alpha value is -12.2. The average Bonchev–Trinajstić information content (AvgIpc) is 1.65. The van der Waals surface area contributed by atoms with Crippen LogP contribution in [0.25, 0.3) is 165 Å². The summed E-state index contributed by atoms with van der Waals surface area (Å²) >= 11 is 0. The van der Waals surface area contributed by atoms with E-state index in [2.05, 4.69) is 273 Å². The van der Waals surface area contributed by atoms with E-state index in [0.29, 0.717) is 39.5 Å². The molecule has 0 fully saturated rings. The Labute approximate surface area is 498 Å². The van der Waals surface area contributed by atoms with Crippen molar-refractivity contribution in [2.24, 2.45) is 0 Å². The van der Waals surface area contributed by atoms with Gasteiger partial charge in [-0.15, -0.1) is 0 Å². The van der Waals surface area contributed by atoms with Crippen LogP contribution in [-0.4, -0.2) is 18.3 Å². The van der Waals surface area contributed by atoms with Crippen molar-refractivity contribution in [2.45, 2.75) is 0 Å². The second kappa shape index (κ2) is 18.7. The first-order valence-corrected chi connectivity index (χ1v) is 29.3. The van der Waals surface area contributed by atoms with Crippen LogP contribution in [0.3, 0.4) is 0 Å². The van der Waals surface area contributed by atoms with Crippen LogP contribution >= 0.6 is 0 Å². The lowest BCUT2D eigenvalue weighted by Crippen LogP contribution is -2.16. The zero-order chi connectivity index (χ0) is 57.4. The fraction of sp³-hybridized carbons (Fsp3) is 0. The number of aromatic nitrogens is 4. The third-order valence-corrected chi connectivity index (χ3v) is 18.0. The van der Waals surface area contributed by atoms with Crippen molar-refractivity contribution in [3.63, 3.8) is 0 Å². The molecule has 7 heteroatoms. The van der Waals surface area contributed by atoms with Gasteiger partial charge in [0.15, 0.2) is 5.58 Å². The van der Waals surface area contributed by atoms with Crippen LogP contribution in [0, 0.1) is 22.7 Å². The number of nitrogens with zero attached hydrogens (tertiary/aromatic N) is 6. The second-order valence-electron chi connectivity index (χ2n) is 22.5. The molecule has 18 aromatic rings. The zero-order valence-corrected chi connectivity index (χ0v) is 46.6. The van der Waals surface area contributed by atoms with Gasteiger partial charge >= 0.3 is 0 Å². The minimum absolute atomic E-state index is 0.364. The molecule has 0 unspecified atom stereocenters. The van der Waals surface area contributed by atoms with Gasteiger partial charge in [0.25, 0.3) is 0 Å². The summed E-state index contributed by atoms with van der Waals surface area (Å²) < 4.78 is 16.2. The molecule has 18 rings (SSSR count). The van der Waals surface area contributed by atoms with Crippen molar-refractivity contribution in [1.82, 2.24) is 18.3 Å². The van der Waals surface area contributed by atoms with Gasteiger partial charge in [0, 0.05) is 53.9 Å². The Morgan fingerprint density at radius 1 is 0.241 bits per heavy atom. The van der Waals surface area contributed by atoms with E-state index in [4.69, 9.17) is 4.42 Å². The van der Waals surface area contributed by atoms with Gasteiger partial charge < -0.3 is 22.7 Å². The molecule has 0 spiro atoms. The fourth-order valence-corrected chi connectivity index (χ4v) is 14.3. The van der Waals surface area contributed by atoms with Gasteiger partial charge in [-0.1, -0.05) is 206 Å². The van der Waals surface area contributed by atoms with Crippen molar-refractivity contribution in [3.05, 3.63) is 290 Å². The molecule has 0 aliphatic heterocycles. The zero-order valence-electron chi connectivity index (χ0n) is 46.6. The SMILES string of the molecule is N#Cc1c(-n2c3ccccc3c3cc(-c4ccccc4)ccc32)c(-n2c3ccccc3c3cc(-c4ccccc4)ccc32)c(C#N)c(-n2c3ccccc3c3ccc4c5ccccc5oc4c32)c1-n1c2ccccc2c2cc(-c3ccccc3)ccc21. The van der Waals surface area contributed by atoms with Crippen LogP contribution in [0.5, 0.6) is 0 Å².